The second kappa shape index (κ2) is 5.75. The van der Waals surface area contributed by atoms with Crippen LogP contribution in [0.25, 0.3) is 0 Å². The van der Waals surface area contributed by atoms with Crippen LogP contribution in [-0.2, 0) is 9.47 Å². The van der Waals surface area contributed by atoms with Crippen molar-refractivity contribution in [1.29, 1.82) is 0 Å². The number of hydrogen-bond donors (Lipinski definition) is 0. The molecule has 1 rings (SSSR count). The van der Waals surface area contributed by atoms with Gasteiger partial charge in [0.1, 0.15) is 6.10 Å². The van der Waals surface area contributed by atoms with Gasteiger partial charge in [-0.25, -0.2) is 0 Å². The Kier molecular flexibility index (Phi) is 5.79. The average Bonchev–Trinajstić information content (AvgIpc) is 2.68. The van der Waals surface area contributed by atoms with E-state index in [0.717, 1.165) is 19.8 Å². The molecule has 0 saturated carbocycles. The van der Waals surface area contributed by atoms with Crippen LogP contribution in [0.1, 0.15) is 6.42 Å². The van der Waals surface area contributed by atoms with Crippen molar-refractivity contribution in [3.05, 3.63) is 0 Å². The van der Waals surface area contributed by atoms with Gasteiger partial charge >= 0.3 is 0 Å². The van der Waals surface area contributed by atoms with E-state index in [1.54, 1.807) is 0 Å². The number of hydrogen-bond acceptors (Lipinski definition) is 2. The van der Waals surface area contributed by atoms with Crippen molar-refractivity contribution in [2.75, 3.05) is 19.8 Å². The predicted octanol–water partition coefficient (Wildman–Crippen LogP) is 1.31. The molecule has 1 fully saturated rings. The van der Waals surface area contributed by atoms with Crippen molar-refractivity contribution in [2.24, 2.45) is 0 Å². The zero-order valence-electron chi connectivity index (χ0n) is 8.93. The van der Waals surface area contributed by atoms with E-state index in [2.05, 4.69) is 19.6 Å². The van der Waals surface area contributed by atoms with Crippen LogP contribution in [0.15, 0.2) is 0 Å². The fourth-order valence-electron chi connectivity index (χ4n) is 1.08. The van der Waals surface area contributed by atoms with E-state index < -0.39 is 8.07 Å². The van der Waals surface area contributed by atoms with Gasteiger partial charge < -0.3 is 14.9 Å². The van der Waals surface area contributed by atoms with Crippen LogP contribution in [0.3, 0.4) is 0 Å². The van der Waals surface area contributed by atoms with Crippen LogP contribution in [0.2, 0.25) is 25.7 Å². The molecule has 4 heteroatoms. The maximum atomic E-state index is 5.45. The van der Waals surface area contributed by atoms with Gasteiger partial charge in [0.25, 0.3) is 0 Å². The Bertz CT molecular complexity index is 129. The Morgan fingerprint density at radius 3 is 2.46 bits per heavy atom. The summed E-state index contributed by atoms with van der Waals surface area (Å²) in [5, 5.41) is 0. The Balaban J connectivity index is 0.00000144. The Morgan fingerprint density at radius 2 is 2.00 bits per heavy atom. The highest BCUT2D eigenvalue weighted by atomic mass is 28.3. The van der Waals surface area contributed by atoms with Gasteiger partial charge in [-0.05, 0) is 6.42 Å². The number of rotatable bonds is 6. The van der Waals surface area contributed by atoms with Crippen molar-refractivity contribution in [1.82, 2.24) is 0 Å². The summed E-state index contributed by atoms with van der Waals surface area (Å²) < 4.78 is 10.5. The van der Waals surface area contributed by atoms with E-state index in [1.165, 1.54) is 12.5 Å². The zero-order valence-corrected chi connectivity index (χ0v) is 9.93. The van der Waals surface area contributed by atoms with Gasteiger partial charge in [0.15, 0.2) is 0 Å². The minimum Gasteiger partial charge on any atom is -0.412 e. The quantitative estimate of drug-likeness (QED) is 0.374. The van der Waals surface area contributed by atoms with Gasteiger partial charge in [-0.15, -0.1) is 0 Å². The summed E-state index contributed by atoms with van der Waals surface area (Å²) >= 11 is 0. The zero-order chi connectivity index (χ0) is 9.03. The van der Waals surface area contributed by atoms with Crippen molar-refractivity contribution >= 4 is 8.07 Å². The molecule has 0 radical (unpaired) electrons. The van der Waals surface area contributed by atoms with E-state index in [1.807, 2.05) is 0 Å². The third-order valence-corrected chi connectivity index (χ3v) is 3.78. The lowest BCUT2D eigenvalue weighted by Crippen LogP contribution is -2.19. The standard InChI is InChI=1S/C9H20O2Si.H2O/c1-12(2,3)6-4-5-10-7-9-8-11-9;/h9H,4-8H2,1-3H3;1H2. The van der Waals surface area contributed by atoms with Crippen molar-refractivity contribution < 1.29 is 14.9 Å². The monoisotopic (exact) mass is 206 g/mol. The molecule has 1 heterocycles. The van der Waals surface area contributed by atoms with E-state index in [0.29, 0.717) is 6.10 Å². The summed E-state index contributed by atoms with van der Waals surface area (Å²) in [6, 6.07) is 1.37. The first-order valence-electron chi connectivity index (χ1n) is 4.77. The smallest absolute Gasteiger partial charge is 0.104 e. The van der Waals surface area contributed by atoms with E-state index >= 15 is 0 Å². The second-order valence-corrected chi connectivity index (χ2v) is 10.3. The molecule has 0 spiro atoms. The van der Waals surface area contributed by atoms with Crippen LogP contribution in [-0.4, -0.2) is 39.5 Å². The van der Waals surface area contributed by atoms with Crippen LogP contribution >= 0.6 is 0 Å². The molecule has 1 aliphatic heterocycles. The molecule has 2 N–H and O–H groups in total. The largest absolute Gasteiger partial charge is 0.412 e. The molecule has 0 aromatic rings. The van der Waals surface area contributed by atoms with Crippen LogP contribution in [0, 0.1) is 0 Å². The molecule has 3 nitrogen and oxygen atoms in total. The highest BCUT2D eigenvalue weighted by Gasteiger charge is 2.22. The lowest BCUT2D eigenvalue weighted by atomic mass is 10.5. The first kappa shape index (κ1) is 13.1. The van der Waals surface area contributed by atoms with Gasteiger partial charge in [-0.2, -0.15) is 0 Å². The summed E-state index contributed by atoms with van der Waals surface area (Å²) in [7, 11) is -0.830. The van der Waals surface area contributed by atoms with Gasteiger partial charge in [-0.3, -0.25) is 0 Å². The Morgan fingerprint density at radius 1 is 1.38 bits per heavy atom. The highest BCUT2D eigenvalue weighted by Crippen LogP contribution is 2.12. The first-order valence-corrected chi connectivity index (χ1v) is 8.48. The lowest BCUT2D eigenvalue weighted by molar-refractivity contribution is 0.117. The van der Waals surface area contributed by atoms with Gasteiger partial charge in [0.05, 0.1) is 13.2 Å². The molecule has 1 aliphatic rings. The molecular weight excluding hydrogens is 184 g/mol. The topological polar surface area (TPSA) is 53.3 Å². The molecule has 1 atom stereocenters. The summed E-state index contributed by atoms with van der Waals surface area (Å²) in [4.78, 5) is 0. The predicted molar refractivity (Wildman–Crippen MR) is 56.9 cm³/mol. The van der Waals surface area contributed by atoms with Crippen molar-refractivity contribution in [2.45, 2.75) is 38.2 Å². The molecule has 0 aliphatic carbocycles. The minimum absolute atomic E-state index is 0. The van der Waals surface area contributed by atoms with Crippen LogP contribution < -0.4 is 0 Å². The molecule has 1 saturated heterocycles. The summed E-state index contributed by atoms with van der Waals surface area (Å²) in [6.07, 6.45) is 1.65. The third kappa shape index (κ3) is 8.43. The second-order valence-electron chi connectivity index (χ2n) is 4.69. The van der Waals surface area contributed by atoms with Crippen LogP contribution in [0.5, 0.6) is 0 Å². The summed E-state index contributed by atoms with van der Waals surface area (Å²) in [5.74, 6) is 0. The minimum atomic E-state index is -0.830. The summed E-state index contributed by atoms with van der Waals surface area (Å²) in [5.41, 5.74) is 0. The molecule has 0 aromatic carbocycles. The number of ether oxygens (including phenoxy) is 2. The van der Waals surface area contributed by atoms with E-state index in [-0.39, 0.29) is 5.48 Å². The molecular formula is C9H22O3Si. The highest BCUT2D eigenvalue weighted by molar-refractivity contribution is 6.76. The first-order chi connectivity index (χ1) is 5.58. The van der Waals surface area contributed by atoms with E-state index in [9.17, 15) is 0 Å². The molecule has 80 valence electrons. The Labute approximate surface area is 81.7 Å². The van der Waals surface area contributed by atoms with Gasteiger partial charge in [0.2, 0.25) is 0 Å². The molecule has 0 amide bonds. The molecule has 0 aromatic heterocycles. The van der Waals surface area contributed by atoms with Crippen LogP contribution in [0.4, 0.5) is 0 Å². The molecule has 1 unspecified atom stereocenters. The Hall–Kier alpha value is 0.0969. The SMILES string of the molecule is C[Si](C)(C)CCCOCC1CO1.O. The lowest BCUT2D eigenvalue weighted by Gasteiger charge is -2.14. The number of epoxide rings is 1. The summed E-state index contributed by atoms with van der Waals surface area (Å²) in [6.45, 7) is 9.84. The van der Waals surface area contributed by atoms with Crippen molar-refractivity contribution in [3.8, 4) is 0 Å². The maximum absolute atomic E-state index is 5.45. The fraction of sp³-hybridized carbons (Fsp3) is 1.00. The maximum Gasteiger partial charge on any atom is 0.104 e. The van der Waals surface area contributed by atoms with Gasteiger partial charge in [0, 0.05) is 14.7 Å². The third-order valence-electron chi connectivity index (χ3n) is 1.92. The fourth-order valence-corrected chi connectivity index (χ4v) is 2.29. The average molecular weight is 206 g/mol. The molecule has 13 heavy (non-hydrogen) atoms. The van der Waals surface area contributed by atoms with Gasteiger partial charge in [-0.1, -0.05) is 25.7 Å². The van der Waals surface area contributed by atoms with E-state index in [4.69, 9.17) is 9.47 Å². The van der Waals surface area contributed by atoms with Crippen molar-refractivity contribution in [3.63, 3.8) is 0 Å². The normalized spacial score (nSPS) is 21.0. The molecule has 0 bridgehead atoms.